The van der Waals surface area contributed by atoms with Gasteiger partial charge in [0.1, 0.15) is 11.6 Å². The first-order valence-electron chi connectivity index (χ1n) is 7.43. The van der Waals surface area contributed by atoms with Gasteiger partial charge in [0.05, 0.1) is 5.69 Å². The third kappa shape index (κ3) is 2.36. The third-order valence-corrected chi connectivity index (χ3v) is 4.73. The van der Waals surface area contributed by atoms with Crippen molar-refractivity contribution >= 4 is 5.82 Å². The molecule has 1 aromatic heterocycles. The molecule has 1 N–H and O–H groups in total. The summed E-state index contributed by atoms with van der Waals surface area (Å²) in [5.41, 5.74) is 2.41. The minimum Gasteiger partial charge on any atom is -0.365 e. The van der Waals surface area contributed by atoms with Crippen LogP contribution in [0.2, 0.25) is 0 Å². The number of aromatic nitrogens is 2. The Bertz CT molecular complexity index is 548. The van der Waals surface area contributed by atoms with E-state index in [1.807, 2.05) is 13.8 Å². The van der Waals surface area contributed by atoms with Crippen LogP contribution in [0.15, 0.2) is 0 Å². The number of hydrogen-bond donors (Lipinski definition) is 1. The van der Waals surface area contributed by atoms with Gasteiger partial charge in [0.15, 0.2) is 5.82 Å². The van der Waals surface area contributed by atoms with Gasteiger partial charge in [-0.05, 0) is 51.6 Å². The van der Waals surface area contributed by atoms with E-state index in [0.29, 0.717) is 23.5 Å². The van der Waals surface area contributed by atoms with E-state index in [4.69, 9.17) is 0 Å². The van der Waals surface area contributed by atoms with Crippen molar-refractivity contribution in [3.8, 4) is 6.07 Å². The normalized spacial score (nSPS) is 26.1. The van der Waals surface area contributed by atoms with Crippen molar-refractivity contribution in [1.82, 2.24) is 15.1 Å². The van der Waals surface area contributed by atoms with Crippen LogP contribution in [0.25, 0.3) is 0 Å². The second-order valence-electron chi connectivity index (χ2n) is 5.94. The molecule has 3 rings (SSSR count). The molecule has 0 radical (unpaired) electrons. The van der Waals surface area contributed by atoms with Crippen molar-refractivity contribution in [2.45, 2.75) is 51.6 Å². The molecule has 20 heavy (non-hydrogen) atoms. The molecular weight excluding hydrogens is 250 g/mol. The highest BCUT2D eigenvalue weighted by Crippen LogP contribution is 2.29. The van der Waals surface area contributed by atoms with Crippen LogP contribution in [-0.4, -0.2) is 40.3 Å². The highest BCUT2D eigenvalue weighted by Gasteiger charge is 2.32. The first kappa shape index (κ1) is 13.3. The maximum atomic E-state index is 9.34. The molecule has 0 aliphatic carbocycles. The van der Waals surface area contributed by atoms with Crippen molar-refractivity contribution in [3.63, 3.8) is 0 Å². The van der Waals surface area contributed by atoms with Crippen LogP contribution >= 0.6 is 0 Å². The van der Waals surface area contributed by atoms with Crippen molar-refractivity contribution in [2.24, 2.45) is 0 Å². The summed E-state index contributed by atoms with van der Waals surface area (Å²) < 4.78 is 0. The summed E-state index contributed by atoms with van der Waals surface area (Å²) in [4.78, 5) is 2.59. The quantitative estimate of drug-likeness (QED) is 0.891. The largest absolute Gasteiger partial charge is 0.365 e. The second-order valence-corrected chi connectivity index (χ2v) is 5.94. The van der Waals surface area contributed by atoms with Crippen LogP contribution in [0, 0.1) is 25.2 Å². The van der Waals surface area contributed by atoms with Gasteiger partial charge < -0.3 is 10.2 Å². The fraction of sp³-hybridized carbons (Fsp3) is 0.667. The van der Waals surface area contributed by atoms with Crippen molar-refractivity contribution < 1.29 is 0 Å². The number of anilines is 1. The maximum absolute atomic E-state index is 9.34. The molecule has 0 aromatic carbocycles. The van der Waals surface area contributed by atoms with Gasteiger partial charge in [-0.1, -0.05) is 0 Å². The zero-order chi connectivity index (χ0) is 14.1. The van der Waals surface area contributed by atoms with Crippen molar-refractivity contribution in [3.05, 3.63) is 16.8 Å². The Kier molecular flexibility index (Phi) is 3.58. The molecule has 0 amide bonds. The summed E-state index contributed by atoms with van der Waals surface area (Å²) >= 11 is 0. The molecule has 5 nitrogen and oxygen atoms in total. The van der Waals surface area contributed by atoms with Gasteiger partial charge in [0.25, 0.3) is 0 Å². The van der Waals surface area contributed by atoms with Gasteiger partial charge in [0.2, 0.25) is 0 Å². The number of nitrogens with zero attached hydrogens (tertiary/aromatic N) is 4. The molecular formula is C15H21N5. The van der Waals surface area contributed by atoms with Crippen LogP contribution in [0.3, 0.4) is 0 Å². The van der Waals surface area contributed by atoms with Gasteiger partial charge in [0, 0.05) is 18.6 Å². The average Bonchev–Trinajstić information content (AvgIpc) is 2.91. The summed E-state index contributed by atoms with van der Waals surface area (Å²) in [6.07, 6.45) is 4.90. The monoisotopic (exact) mass is 271 g/mol. The number of rotatable bonds is 2. The highest BCUT2D eigenvalue weighted by molar-refractivity contribution is 5.56. The number of nitrogens with one attached hydrogen (secondary N) is 1. The van der Waals surface area contributed by atoms with Crippen LogP contribution in [0.1, 0.15) is 42.5 Å². The molecule has 2 saturated heterocycles. The second kappa shape index (κ2) is 5.37. The third-order valence-electron chi connectivity index (χ3n) is 4.73. The minimum atomic E-state index is 0.415. The van der Waals surface area contributed by atoms with Gasteiger partial charge in [-0.15, -0.1) is 5.10 Å². The highest BCUT2D eigenvalue weighted by atomic mass is 15.2. The fourth-order valence-electron chi connectivity index (χ4n) is 3.40. The van der Waals surface area contributed by atoms with Crippen molar-refractivity contribution in [1.29, 1.82) is 5.26 Å². The van der Waals surface area contributed by atoms with E-state index < -0.39 is 0 Å². The van der Waals surface area contributed by atoms with E-state index in [1.54, 1.807) is 0 Å². The lowest BCUT2D eigenvalue weighted by Crippen LogP contribution is -2.43. The van der Waals surface area contributed by atoms with Gasteiger partial charge in [-0.25, -0.2) is 0 Å². The molecule has 0 bridgehead atoms. The SMILES string of the molecule is Cc1nnc(NC2CCN3CCCC3C2)c(C#N)c1C. The number of aryl methyl sites for hydroxylation is 1. The molecule has 0 spiro atoms. The minimum absolute atomic E-state index is 0.415. The molecule has 2 unspecified atom stereocenters. The Hall–Kier alpha value is -1.67. The Morgan fingerprint density at radius 3 is 2.90 bits per heavy atom. The number of piperidine rings is 1. The van der Waals surface area contributed by atoms with E-state index in [-0.39, 0.29) is 0 Å². The Labute approximate surface area is 120 Å². The predicted molar refractivity (Wildman–Crippen MR) is 77.5 cm³/mol. The molecule has 106 valence electrons. The Morgan fingerprint density at radius 1 is 1.25 bits per heavy atom. The number of fused-ring (bicyclic) bond motifs is 1. The van der Waals surface area contributed by atoms with Gasteiger partial charge in [-0.2, -0.15) is 10.4 Å². The fourth-order valence-corrected chi connectivity index (χ4v) is 3.40. The van der Waals surface area contributed by atoms with E-state index in [1.165, 1.54) is 19.4 Å². The predicted octanol–water partition coefficient (Wildman–Crippen LogP) is 2.00. The average molecular weight is 271 g/mol. The standard InChI is InChI=1S/C15H21N5/c1-10-11(2)18-19-15(14(10)9-16)17-12-5-7-20-6-3-4-13(20)8-12/h12-13H,3-8H2,1-2H3,(H,17,19). The first-order chi connectivity index (χ1) is 9.69. The molecule has 0 saturated carbocycles. The van der Waals surface area contributed by atoms with Gasteiger partial charge >= 0.3 is 0 Å². The van der Waals surface area contributed by atoms with E-state index in [2.05, 4.69) is 26.5 Å². The van der Waals surface area contributed by atoms with E-state index in [0.717, 1.165) is 30.6 Å². The lowest BCUT2D eigenvalue weighted by atomic mass is 9.97. The first-order valence-corrected chi connectivity index (χ1v) is 7.43. The Balaban J connectivity index is 1.75. The molecule has 2 atom stereocenters. The Morgan fingerprint density at radius 2 is 2.10 bits per heavy atom. The van der Waals surface area contributed by atoms with Gasteiger partial charge in [-0.3, -0.25) is 0 Å². The molecule has 2 aliphatic heterocycles. The van der Waals surface area contributed by atoms with Crippen molar-refractivity contribution in [2.75, 3.05) is 18.4 Å². The topological polar surface area (TPSA) is 64.8 Å². The van der Waals surface area contributed by atoms with Crippen LogP contribution in [0.5, 0.6) is 0 Å². The van der Waals surface area contributed by atoms with Crippen LogP contribution in [-0.2, 0) is 0 Å². The summed E-state index contributed by atoms with van der Waals surface area (Å²) in [6.45, 7) is 6.24. The lowest BCUT2D eigenvalue weighted by Gasteiger charge is -2.35. The van der Waals surface area contributed by atoms with Crippen LogP contribution in [0.4, 0.5) is 5.82 Å². The number of hydrogen-bond acceptors (Lipinski definition) is 5. The summed E-state index contributed by atoms with van der Waals surface area (Å²) in [7, 11) is 0. The summed E-state index contributed by atoms with van der Waals surface area (Å²) in [5.74, 6) is 0.659. The molecule has 2 aliphatic rings. The molecule has 5 heteroatoms. The zero-order valence-electron chi connectivity index (χ0n) is 12.2. The maximum Gasteiger partial charge on any atom is 0.167 e. The molecule has 3 heterocycles. The van der Waals surface area contributed by atoms with E-state index in [9.17, 15) is 5.26 Å². The summed E-state index contributed by atoms with van der Waals surface area (Å²) in [5, 5.41) is 21.1. The lowest BCUT2D eigenvalue weighted by molar-refractivity contribution is 0.188. The zero-order valence-corrected chi connectivity index (χ0v) is 12.2. The van der Waals surface area contributed by atoms with Crippen LogP contribution < -0.4 is 5.32 Å². The smallest absolute Gasteiger partial charge is 0.167 e. The molecule has 2 fully saturated rings. The molecule has 1 aromatic rings. The summed E-state index contributed by atoms with van der Waals surface area (Å²) in [6, 6.07) is 3.39. The van der Waals surface area contributed by atoms with E-state index >= 15 is 0 Å². The number of nitriles is 1.